The molecule has 0 aliphatic carbocycles. The highest BCUT2D eigenvalue weighted by Gasteiger charge is 2.04. The third kappa shape index (κ3) is 2.71. The lowest BCUT2D eigenvalue weighted by atomic mass is 10.1. The summed E-state index contributed by atoms with van der Waals surface area (Å²) in [5.74, 6) is 1.91. The molecule has 0 aliphatic heterocycles. The Bertz CT molecular complexity index is 502. The fraction of sp³-hybridized carbons (Fsp3) is 0.385. The molecule has 0 saturated carbocycles. The Morgan fingerprint density at radius 1 is 1.12 bits per heavy atom. The molecule has 2 aromatic rings. The maximum Gasteiger partial charge on any atom is 0.146 e. The number of nitrogens with one attached hydrogen (secondary N) is 1. The van der Waals surface area contributed by atoms with E-state index >= 15 is 0 Å². The van der Waals surface area contributed by atoms with Gasteiger partial charge in [-0.3, -0.25) is 0 Å². The molecule has 4 nitrogen and oxygen atoms in total. The van der Waals surface area contributed by atoms with Crippen LogP contribution in [-0.4, -0.2) is 14.8 Å². The van der Waals surface area contributed by atoms with Gasteiger partial charge in [0, 0.05) is 13.6 Å². The quantitative estimate of drug-likeness (QED) is 0.869. The summed E-state index contributed by atoms with van der Waals surface area (Å²) < 4.78 is 2.00. The standard InChI is InChI=1S/C13H18N4/c1-10-6-4-5-7-12(10)8-14-9-13-16-15-11(2)17(13)3/h4-7,14H,8-9H2,1-3H3. The van der Waals surface area contributed by atoms with Crippen molar-refractivity contribution >= 4 is 0 Å². The minimum absolute atomic E-state index is 0.742. The summed E-state index contributed by atoms with van der Waals surface area (Å²) in [5, 5.41) is 11.5. The van der Waals surface area contributed by atoms with E-state index in [2.05, 4.69) is 46.7 Å². The average molecular weight is 230 g/mol. The van der Waals surface area contributed by atoms with Crippen LogP contribution in [0.1, 0.15) is 22.8 Å². The first kappa shape index (κ1) is 11.8. The Hall–Kier alpha value is -1.68. The first-order valence-electron chi connectivity index (χ1n) is 5.78. The van der Waals surface area contributed by atoms with Crippen LogP contribution in [0.15, 0.2) is 24.3 Å². The van der Waals surface area contributed by atoms with E-state index < -0.39 is 0 Å². The average Bonchev–Trinajstić information content (AvgIpc) is 2.63. The summed E-state index contributed by atoms with van der Waals surface area (Å²) >= 11 is 0. The topological polar surface area (TPSA) is 42.7 Å². The van der Waals surface area contributed by atoms with Gasteiger partial charge >= 0.3 is 0 Å². The number of hydrogen-bond acceptors (Lipinski definition) is 3. The van der Waals surface area contributed by atoms with E-state index in [0.717, 1.165) is 24.7 Å². The van der Waals surface area contributed by atoms with E-state index in [1.54, 1.807) is 0 Å². The third-order valence-electron chi connectivity index (χ3n) is 3.04. The SMILES string of the molecule is Cc1ccccc1CNCc1nnc(C)n1C. The van der Waals surface area contributed by atoms with E-state index in [1.165, 1.54) is 11.1 Å². The van der Waals surface area contributed by atoms with E-state index in [1.807, 2.05) is 18.5 Å². The van der Waals surface area contributed by atoms with Crippen LogP contribution in [0.5, 0.6) is 0 Å². The van der Waals surface area contributed by atoms with Crippen LogP contribution in [0.25, 0.3) is 0 Å². The molecule has 2 rings (SSSR count). The van der Waals surface area contributed by atoms with Gasteiger partial charge in [0.25, 0.3) is 0 Å². The fourth-order valence-corrected chi connectivity index (χ4v) is 1.72. The highest BCUT2D eigenvalue weighted by molar-refractivity contribution is 5.25. The summed E-state index contributed by atoms with van der Waals surface area (Å²) in [6.45, 7) is 5.69. The molecule has 0 fully saturated rings. The Morgan fingerprint density at radius 2 is 1.88 bits per heavy atom. The fourth-order valence-electron chi connectivity index (χ4n) is 1.72. The Kier molecular flexibility index (Phi) is 3.54. The van der Waals surface area contributed by atoms with Crippen molar-refractivity contribution in [3.63, 3.8) is 0 Å². The normalized spacial score (nSPS) is 10.8. The van der Waals surface area contributed by atoms with E-state index in [4.69, 9.17) is 0 Å². The van der Waals surface area contributed by atoms with Gasteiger partial charge in [-0.15, -0.1) is 10.2 Å². The van der Waals surface area contributed by atoms with Crippen molar-refractivity contribution in [1.29, 1.82) is 0 Å². The molecular formula is C13H18N4. The predicted octanol–water partition coefficient (Wildman–Crippen LogP) is 1.72. The smallest absolute Gasteiger partial charge is 0.146 e. The molecule has 0 saturated heterocycles. The maximum atomic E-state index is 4.12. The lowest BCUT2D eigenvalue weighted by Gasteiger charge is -2.07. The summed E-state index contributed by atoms with van der Waals surface area (Å²) in [5.41, 5.74) is 2.64. The molecule has 0 spiro atoms. The molecule has 1 aromatic heterocycles. The summed E-state index contributed by atoms with van der Waals surface area (Å²) in [7, 11) is 1.99. The molecule has 0 radical (unpaired) electrons. The van der Waals surface area contributed by atoms with Gasteiger partial charge < -0.3 is 9.88 Å². The van der Waals surface area contributed by atoms with Gasteiger partial charge in [-0.25, -0.2) is 0 Å². The van der Waals surface area contributed by atoms with Crippen molar-refractivity contribution in [1.82, 2.24) is 20.1 Å². The first-order valence-corrected chi connectivity index (χ1v) is 5.78. The van der Waals surface area contributed by atoms with Crippen molar-refractivity contribution < 1.29 is 0 Å². The number of rotatable bonds is 4. The molecule has 17 heavy (non-hydrogen) atoms. The number of aromatic nitrogens is 3. The van der Waals surface area contributed by atoms with Gasteiger partial charge in [0.05, 0.1) is 6.54 Å². The molecular weight excluding hydrogens is 212 g/mol. The van der Waals surface area contributed by atoms with Crippen molar-refractivity contribution in [3.05, 3.63) is 47.0 Å². The Balaban J connectivity index is 1.92. The van der Waals surface area contributed by atoms with Crippen LogP contribution >= 0.6 is 0 Å². The highest BCUT2D eigenvalue weighted by atomic mass is 15.3. The molecule has 1 heterocycles. The minimum Gasteiger partial charge on any atom is -0.317 e. The van der Waals surface area contributed by atoms with Crippen LogP contribution < -0.4 is 5.32 Å². The molecule has 90 valence electrons. The maximum absolute atomic E-state index is 4.12. The minimum atomic E-state index is 0.742. The molecule has 0 aliphatic rings. The van der Waals surface area contributed by atoms with Crippen LogP contribution in [0.4, 0.5) is 0 Å². The van der Waals surface area contributed by atoms with Gasteiger partial charge in [0.1, 0.15) is 11.6 Å². The molecule has 4 heteroatoms. The van der Waals surface area contributed by atoms with Crippen molar-refractivity contribution in [2.24, 2.45) is 7.05 Å². The molecule has 1 aromatic carbocycles. The van der Waals surface area contributed by atoms with Crippen LogP contribution in [0.3, 0.4) is 0 Å². The molecule has 0 unspecified atom stereocenters. The Morgan fingerprint density at radius 3 is 2.53 bits per heavy atom. The number of aryl methyl sites for hydroxylation is 2. The van der Waals surface area contributed by atoms with Gasteiger partial charge in [-0.2, -0.15) is 0 Å². The number of hydrogen-bond donors (Lipinski definition) is 1. The van der Waals surface area contributed by atoms with Gasteiger partial charge in [0.2, 0.25) is 0 Å². The molecule has 0 amide bonds. The molecule has 0 bridgehead atoms. The zero-order valence-electron chi connectivity index (χ0n) is 10.6. The van der Waals surface area contributed by atoms with E-state index in [-0.39, 0.29) is 0 Å². The second-order valence-corrected chi connectivity index (χ2v) is 4.25. The largest absolute Gasteiger partial charge is 0.317 e. The van der Waals surface area contributed by atoms with E-state index in [9.17, 15) is 0 Å². The summed E-state index contributed by atoms with van der Waals surface area (Å²) in [6, 6.07) is 8.40. The van der Waals surface area contributed by atoms with Gasteiger partial charge in [-0.05, 0) is 25.0 Å². The van der Waals surface area contributed by atoms with Crippen LogP contribution in [-0.2, 0) is 20.1 Å². The third-order valence-corrected chi connectivity index (χ3v) is 3.04. The highest BCUT2D eigenvalue weighted by Crippen LogP contribution is 2.06. The zero-order valence-corrected chi connectivity index (χ0v) is 10.6. The summed E-state index contributed by atoms with van der Waals surface area (Å²) in [6.07, 6.45) is 0. The van der Waals surface area contributed by atoms with Gasteiger partial charge in [-0.1, -0.05) is 24.3 Å². The van der Waals surface area contributed by atoms with E-state index in [0.29, 0.717) is 0 Å². The van der Waals surface area contributed by atoms with Crippen molar-refractivity contribution in [2.45, 2.75) is 26.9 Å². The lowest BCUT2D eigenvalue weighted by molar-refractivity contribution is 0.633. The summed E-state index contributed by atoms with van der Waals surface area (Å²) in [4.78, 5) is 0. The lowest BCUT2D eigenvalue weighted by Crippen LogP contribution is -2.16. The molecule has 0 atom stereocenters. The van der Waals surface area contributed by atoms with Gasteiger partial charge in [0.15, 0.2) is 0 Å². The monoisotopic (exact) mass is 230 g/mol. The zero-order chi connectivity index (χ0) is 12.3. The second-order valence-electron chi connectivity index (χ2n) is 4.25. The molecule has 1 N–H and O–H groups in total. The van der Waals surface area contributed by atoms with Crippen molar-refractivity contribution in [2.75, 3.05) is 0 Å². The predicted molar refractivity (Wildman–Crippen MR) is 67.5 cm³/mol. The van der Waals surface area contributed by atoms with Crippen LogP contribution in [0, 0.1) is 13.8 Å². The number of nitrogens with zero attached hydrogens (tertiary/aromatic N) is 3. The van der Waals surface area contributed by atoms with Crippen molar-refractivity contribution in [3.8, 4) is 0 Å². The van der Waals surface area contributed by atoms with Crippen LogP contribution in [0.2, 0.25) is 0 Å². The second kappa shape index (κ2) is 5.10. The Labute approximate surface area is 102 Å². The first-order chi connectivity index (χ1) is 8.18. The number of benzene rings is 1.